The first-order chi connectivity index (χ1) is 7.83. The van der Waals surface area contributed by atoms with Gasteiger partial charge in [0.15, 0.2) is 0 Å². The van der Waals surface area contributed by atoms with Gasteiger partial charge in [-0.1, -0.05) is 48.5 Å². The molecular formula is C14H15NO. The Balaban J connectivity index is 2.41. The minimum absolute atomic E-state index is 0.0950. The summed E-state index contributed by atoms with van der Waals surface area (Å²) >= 11 is 0. The number of methoxy groups -OCH3 is 1. The van der Waals surface area contributed by atoms with E-state index in [4.69, 9.17) is 10.5 Å². The first-order valence-corrected chi connectivity index (χ1v) is 5.25. The van der Waals surface area contributed by atoms with Crippen molar-refractivity contribution in [1.29, 1.82) is 0 Å². The molecule has 2 aromatic rings. The SMILES string of the molecule is COC(c1ccccc1)c1ccccc1N. The zero-order valence-corrected chi connectivity index (χ0v) is 9.26. The zero-order chi connectivity index (χ0) is 11.4. The van der Waals surface area contributed by atoms with Crippen LogP contribution in [0, 0.1) is 0 Å². The van der Waals surface area contributed by atoms with E-state index < -0.39 is 0 Å². The predicted molar refractivity (Wildman–Crippen MR) is 66.1 cm³/mol. The molecule has 2 rings (SSSR count). The number of anilines is 1. The van der Waals surface area contributed by atoms with Crippen LogP contribution in [0.4, 0.5) is 5.69 Å². The van der Waals surface area contributed by atoms with Gasteiger partial charge in [-0.05, 0) is 11.6 Å². The van der Waals surface area contributed by atoms with Crippen molar-refractivity contribution in [2.75, 3.05) is 12.8 Å². The molecule has 2 heteroatoms. The number of benzene rings is 2. The van der Waals surface area contributed by atoms with E-state index in [2.05, 4.69) is 0 Å². The third-order valence-corrected chi connectivity index (χ3v) is 2.62. The van der Waals surface area contributed by atoms with Gasteiger partial charge in [0.05, 0.1) is 0 Å². The second-order valence-corrected chi connectivity index (χ2v) is 3.66. The minimum atomic E-state index is -0.0950. The molecule has 0 spiro atoms. The summed E-state index contributed by atoms with van der Waals surface area (Å²) in [6.45, 7) is 0. The van der Waals surface area contributed by atoms with Crippen LogP contribution < -0.4 is 5.73 Å². The van der Waals surface area contributed by atoms with Crippen molar-refractivity contribution in [2.45, 2.75) is 6.10 Å². The molecule has 0 aliphatic heterocycles. The highest BCUT2D eigenvalue weighted by atomic mass is 16.5. The Labute approximate surface area is 95.7 Å². The molecule has 16 heavy (non-hydrogen) atoms. The van der Waals surface area contributed by atoms with Gasteiger partial charge in [0.2, 0.25) is 0 Å². The van der Waals surface area contributed by atoms with Gasteiger partial charge >= 0.3 is 0 Å². The van der Waals surface area contributed by atoms with Gasteiger partial charge in [-0.3, -0.25) is 0 Å². The molecule has 0 amide bonds. The fraction of sp³-hybridized carbons (Fsp3) is 0.143. The Bertz CT molecular complexity index is 453. The fourth-order valence-corrected chi connectivity index (χ4v) is 1.82. The Morgan fingerprint density at radius 1 is 0.938 bits per heavy atom. The van der Waals surface area contributed by atoms with Gasteiger partial charge < -0.3 is 10.5 Å². The van der Waals surface area contributed by atoms with Crippen LogP contribution in [0.2, 0.25) is 0 Å². The molecule has 0 fully saturated rings. The monoisotopic (exact) mass is 213 g/mol. The smallest absolute Gasteiger partial charge is 0.109 e. The topological polar surface area (TPSA) is 35.2 Å². The number of hydrogen-bond acceptors (Lipinski definition) is 2. The number of hydrogen-bond donors (Lipinski definition) is 1. The largest absolute Gasteiger partial charge is 0.398 e. The average molecular weight is 213 g/mol. The summed E-state index contributed by atoms with van der Waals surface area (Å²) in [4.78, 5) is 0. The maximum atomic E-state index is 5.95. The minimum Gasteiger partial charge on any atom is -0.398 e. The van der Waals surface area contributed by atoms with Crippen molar-refractivity contribution >= 4 is 5.69 Å². The summed E-state index contributed by atoms with van der Waals surface area (Å²) in [5.41, 5.74) is 8.84. The molecule has 0 aromatic heterocycles. The van der Waals surface area contributed by atoms with Crippen molar-refractivity contribution in [2.24, 2.45) is 0 Å². The molecule has 2 aromatic carbocycles. The maximum absolute atomic E-state index is 5.95. The quantitative estimate of drug-likeness (QED) is 0.795. The second kappa shape index (κ2) is 4.81. The van der Waals surface area contributed by atoms with E-state index >= 15 is 0 Å². The highest BCUT2D eigenvalue weighted by Gasteiger charge is 2.14. The van der Waals surface area contributed by atoms with E-state index in [1.165, 1.54) is 0 Å². The second-order valence-electron chi connectivity index (χ2n) is 3.66. The number of rotatable bonds is 3. The van der Waals surface area contributed by atoms with Crippen LogP contribution >= 0.6 is 0 Å². The Morgan fingerprint density at radius 3 is 2.19 bits per heavy atom. The summed E-state index contributed by atoms with van der Waals surface area (Å²) in [6.07, 6.45) is -0.0950. The molecule has 0 saturated carbocycles. The average Bonchev–Trinajstić information content (AvgIpc) is 2.34. The van der Waals surface area contributed by atoms with E-state index in [9.17, 15) is 0 Å². The van der Waals surface area contributed by atoms with Crippen molar-refractivity contribution in [1.82, 2.24) is 0 Å². The van der Waals surface area contributed by atoms with Gasteiger partial charge in [0.25, 0.3) is 0 Å². The van der Waals surface area contributed by atoms with Crippen LogP contribution in [0.15, 0.2) is 54.6 Å². The van der Waals surface area contributed by atoms with E-state index in [0.29, 0.717) is 0 Å². The molecule has 0 saturated heterocycles. The third kappa shape index (κ3) is 2.07. The molecule has 1 unspecified atom stereocenters. The van der Waals surface area contributed by atoms with Crippen LogP contribution in [0.1, 0.15) is 17.2 Å². The fourth-order valence-electron chi connectivity index (χ4n) is 1.82. The molecule has 1 atom stereocenters. The van der Waals surface area contributed by atoms with Crippen molar-refractivity contribution < 1.29 is 4.74 Å². The predicted octanol–water partition coefficient (Wildman–Crippen LogP) is 3.00. The molecule has 0 heterocycles. The van der Waals surface area contributed by atoms with Crippen LogP contribution in [0.3, 0.4) is 0 Å². The van der Waals surface area contributed by atoms with Crippen molar-refractivity contribution in [3.05, 3.63) is 65.7 Å². The molecular weight excluding hydrogens is 198 g/mol. The summed E-state index contributed by atoms with van der Waals surface area (Å²) < 4.78 is 5.52. The molecule has 0 aliphatic rings. The third-order valence-electron chi connectivity index (χ3n) is 2.62. The molecule has 2 nitrogen and oxygen atoms in total. The highest BCUT2D eigenvalue weighted by molar-refractivity contribution is 5.50. The lowest BCUT2D eigenvalue weighted by atomic mass is 10.00. The highest BCUT2D eigenvalue weighted by Crippen LogP contribution is 2.28. The normalized spacial score (nSPS) is 12.3. The van der Waals surface area contributed by atoms with Gasteiger partial charge in [-0.25, -0.2) is 0 Å². The number of para-hydroxylation sites is 1. The summed E-state index contributed by atoms with van der Waals surface area (Å²) in [7, 11) is 1.70. The van der Waals surface area contributed by atoms with Crippen LogP contribution in [-0.2, 0) is 4.74 Å². The van der Waals surface area contributed by atoms with Crippen LogP contribution in [0.5, 0.6) is 0 Å². The van der Waals surface area contributed by atoms with Crippen molar-refractivity contribution in [3.63, 3.8) is 0 Å². The van der Waals surface area contributed by atoms with Gasteiger partial charge in [-0.2, -0.15) is 0 Å². The maximum Gasteiger partial charge on any atom is 0.109 e. The lowest BCUT2D eigenvalue weighted by Crippen LogP contribution is -2.06. The van der Waals surface area contributed by atoms with E-state index in [1.807, 2.05) is 54.6 Å². The lowest BCUT2D eigenvalue weighted by Gasteiger charge is -2.17. The van der Waals surface area contributed by atoms with Crippen LogP contribution in [-0.4, -0.2) is 7.11 Å². The number of ether oxygens (including phenoxy) is 1. The van der Waals surface area contributed by atoms with Gasteiger partial charge in [0.1, 0.15) is 6.10 Å². The standard InChI is InChI=1S/C14H15NO/c1-16-14(11-7-3-2-4-8-11)12-9-5-6-10-13(12)15/h2-10,14H,15H2,1H3. The Morgan fingerprint density at radius 2 is 1.56 bits per heavy atom. The molecule has 0 radical (unpaired) electrons. The van der Waals surface area contributed by atoms with Crippen LogP contribution in [0.25, 0.3) is 0 Å². The first-order valence-electron chi connectivity index (χ1n) is 5.25. The van der Waals surface area contributed by atoms with Gasteiger partial charge in [0, 0.05) is 18.4 Å². The Hall–Kier alpha value is -1.80. The zero-order valence-electron chi connectivity index (χ0n) is 9.26. The summed E-state index contributed by atoms with van der Waals surface area (Å²) in [5.74, 6) is 0. The number of nitrogens with two attached hydrogens (primary N) is 1. The summed E-state index contributed by atoms with van der Waals surface area (Å²) in [5, 5.41) is 0. The van der Waals surface area contributed by atoms with Crippen molar-refractivity contribution in [3.8, 4) is 0 Å². The Kier molecular flexibility index (Phi) is 3.22. The molecule has 0 bridgehead atoms. The summed E-state index contributed by atoms with van der Waals surface area (Å²) in [6, 6.07) is 17.9. The molecule has 2 N–H and O–H groups in total. The molecule has 82 valence electrons. The number of nitrogen functional groups attached to an aromatic ring is 1. The lowest BCUT2D eigenvalue weighted by molar-refractivity contribution is 0.137. The van der Waals surface area contributed by atoms with Gasteiger partial charge in [-0.15, -0.1) is 0 Å². The van der Waals surface area contributed by atoms with E-state index in [-0.39, 0.29) is 6.10 Å². The molecule has 0 aliphatic carbocycles. The first kappa shape index (κ1) is 10.7. The van der Waals surface area contributed by atoms with E-state index in [0.717, 1.165) is 16.8 Å². The van der Waals surface area contributed by atoms with E-state index in [1.54, 1.807) is 7.11 Å².